The second-order valence-electron chi connectivity index (χ2n) is 7.85. The first-order valence-electron chi connectivity index (χ1n) is 10.5. The highest BCUT2D eigenvalue weighted by atomic mass is 32.1. The number of aliphatic carboxylic acids is 1. The minimum atomic E-state index is -0.901. The molecule has 2 aliphatic rings. The van der Waals surface area contributed by atoms with Gasteiger partial charge in [0.2, 0.25) is 5.91 Å². The van der Waals surface area contributed by atoms with Crippen LogP contribution in [0.5, 0.6) is 0 Å². The van der Waals surface area contributed by atoms with Crippen molar-refractivity contribution in [3.05, 3.63) is 16.0 Å². The van der Waals surface area contributed by atoms with Crippen LogP contribution in [-0.2, 0) is 22.4 Å². The van der Waals surface area contributed by atoms with E-state index in [0.29, 0.717) is 30.0 Å². The van der Waals surface area contributed by atoms with Crippen LogP contribution in [0.25, 0.3) is 0 Å². The fourth-order valence-corrected chi connectivity index (χ4v) is 5.63. The monoisotopic (exact) mass is 406 g/mol. The average molecular weight is 407 g/mol. The molecular formula is C21H30N2O4S. The van der Waals surface area contributed by atoms with Crippen LogP contribution in [0, 0.1) is 11.8 Å². The van der Waals surface area contributed by atoms with Gasteiger partial charge in [-0.05, 0) is 44.1 Å². The Balaban J connectivity index is 1.75. The number of carboxylic acid groups (broad SMARTS) is 1. The number of fused-ring (bicyclic) bond motifs is 1. The number of anilines is 1. The molecular weight excluding hydrogens is 376 g/mol. The van der Waals surface area contributed by atoms with Gasteiger partial charge in [0.05, 0.1) is 17.4 Å². The van der Waals surface area contributed by atoms with Crippen LogP contribution in [-0.4, -0.2) is 29.4 Å². The third kappa shape index (κ3) is 4.57. The van der Waals surface area contributed by atoms with Gasteiger partial charge in [-0.3, -0.25) is 14.4 Å². The largest absolute Gasteiger partial charge is 0.481 e. The van der Waals surface area contributed by atoms with Crippen molar-refractivity contribution in [1.29, 1.82) is 0 Å². The third-order valence-electron chi connectivity index (χ3n) is 5.87. The van der Waals surface area contributed by atoms with Crippen molar-refractivity contribution in [1.82, 2.24) is 5.32 Å². The average Bonchev–Trinajstić information content (AvgIpc) is 3.25. The number of rotatable bonds is 8. The summed E-state index contributed by atoms with van der Waals surface area (Å²) in [6.07, 6.45) is 8.79. The standard InChI is InChI=1S/C21H30N2O4S/c1-2-3-6-12-22-19(25)17-15-10-7-11-16(15)28-20(17)23-18(24)13-8-4-5-9-14(13)21(26)27/h13-14H,2-12H2,1H3,(H,22,25)(H,23,24)(H,26,27). The highest BCUT2D eigenvalue weighted by Gasteiger charge is 2.37. The molecule has 1 aromatic heterocycles. The van der Waals surface area contributed by atoms with E-state index in [4.69, 9.17) is 0 Å². The Hall–Kier alpha value is -1.89. The zero-order valence-corrected chi connectivity index (χ0v) is 17.3. The van der Waals surface area contributed by atoms with Crippen LogP contribution < -0.4 is 10.6 Å². The molecule has 0 aromatic carbocycles. The van der Waals surface area contributed by atoms with Crippen LogP contribution in [0.1, 0.15) is 79.1 Å². The van der Waals surface area contributed by atoms with E-state index in [1.165, 1.54) is 16.2 Å². The molecule has 2 aliphatic carbocycles. The van der Waals surface area contributed by atoms with Crippen LogP contribution in [0.4, 0.5) is 5.00 Å². The van der Waals surface area contributed by atoms with Gasteiger partial charge >= 0.3 is 5.97 Å². The van der Waals surface area contributed by atoms with Crippen molar-refractivity contribution in [2.24, 2.45) is 11.8 Å². The van der Waals surface area contributed by atoms with Gasteiger partial charge in [-0.2, -0.15) is 0 Å². The molecule has 0 spiro atoms. The molecule has 0 bridgehead atoms. The predicted octanol–water partition coefficient (Wildman–Crippen LogP) is 3.99. The minimum absolute atomic E-state index is 0.121. The lowest BCUT2D eigenvalue weighted by atomic mass is 9.79. The summed E-state index contributed by atoms with van der Waals surface area (Å²) in [6, 6.07) is 0. The Labute approximate surface area is 170 Å². The Morgan fingerprint density at radius 1 is 1.07 bits per heavy atom. The van der Waals surface area contributed by atoms with Gasteiger partial charge in [0.1, 0.15) is 5.00 Å². The summed E-state index contributed by atoms with van der Waals surface area (Å²) in [7, 11) is 0. The first kappa shape index (κ1) is 20.8. The van der Waals surface area contributed by atoms with E-state index >= 15 is 0 Å². The van der Waals surface area contributed by atoms with Crippen molar-refractivity contribution < 1.29 is 19.5 Å². The Kier molecular flexibility index (Phi) is 7.10. The van der Waals surface area contributed by atoms with E-state index in [0.717, 1.165) is 56.9 Å². The smallest absolute Gasteiger partial charge is 0.307 e. The molecule has 7 heteroatoms. The first-order valence-corrected chi connectivity index (χ1v) is 11.3. The molecule has 3 rings (SSSR count). The van der Waals surface area contributed by atoms with Gasteiger partial charge in [-0.1, -0.05) is 32.6 Å². The molecule has 2 atom stereocenters. The van der Waals surface area contributed by atoms with E-state index in [1.807, 2.05) is 0 Å². The first-order chi connectivity index (χ1) is 13.5. The molecule has 0 radical (unpaired) electrons. The molecule has 28 heavy (non-hydrogen) atoms. The number of unbranched alkanes of at least 4 members (excludes halogenated alkanes) is 2. The van der Waals surface area contributed by atoms with Crippen molar-refractivity contribution in [2.45, 2.75) is 71.1 Å². The summed E-state index contributed by atoms with van der Waals surface area (Å²) in [5, 5.41) is 16.0. The maximum Gasteiger partial charge on any atom is 0.307 e. The summed E-state index contributed by atoms with van der Waals surface area (Å²) in [4.78, 5) is 38.4. The lowest BCUT2D eigenvalue weighted by molar-refractivity contribution is -0.147. The van der Waals surface area contributed by atoms with Crippen molar-refractivity contribution in [2.75, 3.05) is 11.9 Å². The van der Waals surface area contributed by atoms with Crippen LogP contribution in [0.3, 0.4) is 0 Å². The van der Waals surface area contributed by atoms with E-state index in [1.54, 1.807) is 0 Å². The lowest BCUT2D eigenvalue weighted by Crippen LogP contribution is -2.36. The summed E-state index contributed by atoms with van der Waals surface area (Å²) >= 11 is 1.48. The minimum Gasteiger partial charge on any atom is -0.481 e. The molecule has 1 aromatic rings. The van der Waals surface area contributed by atoms with Gasteiger partial charge in [-0.25, -0.2) is 0 Å². The Bertz CT molecular complexity index is 743. The number of carboxylic acids is 1. The van der Waals surface area contributed by atoms with E-state index in [-0.39, 0.29) is 11.8 Å². The zero-order valence-electron chi connectivity index (χ0n) is 16.5. The lowest BCUT2D eigenvalue weighted by Gasteiger charge is -2.27. The number of carbonyl (C=O) groups excluding carboxylic acids is 2. The van der Waals surface area contributed by atoms with Crippen LogP contribution >= 0.6 is 11.3 Å². The molecule has 0 aliphatic heterocycles. The summed E-state index contributed by atoms with van der Waals surface area (Å²) in [5.74, 6) is -2.44. The third-order valence-corrected chi connectivity index (χ3v) is 7.08. The van der Waals surface area contributed by atoms with Gasteiger partial charge in [0, 0.05) is 11.4 Å². The van der Waals surface area contributed by atoms with Gasteiger partial charge < -0.3 is 15.7 Å². The topological polar surface area (TPSA) is 95.5 Å². The molecule has 1 fully saturated rings. The fraction of sp³-hybridized carbons (Fsp3) is 0.667. The van der Waals surface area contributed by atoms with Gasteiger partial charge in [-0.15, -0.1) is 11.3 Å². The van der Waals surface area contributed by atoms with E-state index in [2.05, 4.69) is 17.6 Å². The van der Waals surface area contributed by atoms with Crippen molar-refractivity contribution in [3.63, 3.8) is 0 Å². The molecule has 0 saturated heterocycles. The number of carbonyl (C=O) groups is 3. The molecule has 2 amide bonds. The Morgan fingerprint density at radius 2 is 1.82 bits per heavy atom. The van der Waals surface area contributed by atoms with Gasteiger partial charge in [0.25, 0.3) is 5.91 Å². The maximum absolute atomic E-state index is 12.9. The van der Waals surface area contributed by atoms with E-state index < -0.39 is 17.8 Å². The van der Waals surface area contributed by atoms with Crippen molar-refractivity contribution >= 4 is 34.1 Å². The molecule has 2 unspecified atom stereocenters. The summed E-state index contributed by atoms with van der Waals surface area (Å²) in [6.45, 7) is 2.76. The summed E-state index contributed by atoms with van der Waals surface area (Å²) < 4.78 is 0. The highest BCUT2D eigenvalue weighted by molar-refractivity contribution is 7.17. The van der Waals surface area contributed by atoms with Crippen molar-refractivity contribution in [3.8, 4) is 0 Å². The van der Waals surface area contributed by atoms with Crippen LogP contribution in [0.2, 0.25) is 0 Å². The predicted molar refractivity (Wildman–Crippen MR) is 110 cm³/mol. The number of thiophene rings is 1. The second-order valence-corrected chi connectivity index (χ2v) is 8.95. The highest BCUT2D eigenvalue weighted by Crippen LogP contribution is 2.40. The van der Waals surface area contributed by atoms with Crippen LogP contribution in [0.15, 0.2) is 0 Å². The number of hydrogen-bond donors (Lipinski definition) is 3. The Morgan fingerprint density at radius 3 is 2.54 bits per heavy atom. The summed E-state index contributed by atoms with van der Waals surface area (Å²) in [5.41, 5.74) is 1.66. The maximum atomic E-state index is 12.9. The zero-order chi connectivity index (χ0) is 20.1. The number of nitrogens with one attached hydrogen (secondary N) is 2. The van der Waals surface area contributed by atoms with E-state index in [9.17, 15) is 19.5 Å². The quantitative estimate of drug-likeness (QED) is 0.569. The fourth-order valence-electron chi connectivity index (χ4n) is 4.34. The normalized spacial score (nSPS) is 21.2. The molecule has 1 saturated carbocycles. The number of amides is 2. The molecule has 154 valence electrons. The second kappa shape index (κ2) is 9.54. The number of aryl methyl sites for hydroxylation is 1. The molecule has 1 heterocycles. The molecule has 3 N–H and O–H groups in total. The molecule has 6 nitrogen and oxygen atoms in total. The van der Waals surface area contributed by atoms with Gasteiger partial charge in [0.15, 0.2) is 0 Å². The number of hydrogen-bond acceptors (Lipinski definition) is 4. The SMILES string of the molecule is CCCCCNC(=O)c1c(NC(=O)C2CCCCC2C(=O)O)sc2c1CCC2.